The molecule has 0 unspecified atom stereocenters. The molecule has 2 heterocycles. The number of hydrogen-bond acceptors (Lipinski definition) is 0. The van der Waals surface area contributed by atoms with Gasteiger partial charge in [-0.25, -0.2) is 0 Å². The number of fused-ring (bicyclic) bond motifs is 8. The van der Waals surface area contributed by atoms with Crippen LogP contribution in [0.2, 0.25) is 0 Å². The number of rotatable bonds is 4. The fourth-order valence-corrected chi connectivity index (χ4v) is 10.6. The maximum atomic E-state index is 2.45. The van der Waals surface area contributed by atoms with Gasteiger partial charge in [-0.3, -0.25) is 0 Å². The van der Waals surface area contributed by atoms with E-state index in [1.54, 1.807) is 0 Å². The Morgan fingerprint density at radius 2 is 0.544 bits per heavy atom. The second-order valence-corrected chi connectivity index (χ2v) is 23.6. The van der Waals surface area contributed by atoms with E-state index >= 15 is 0 Å². The van der Waals surface area contributed by atoms with Crippen molar-refractivity contribution in [3.05, 3.63) is 192 Å². The average molecular weight is 885 g/mol. The standard InChI is InChI=1S/C66H64N2/c1-63(2,3)45-23-31-59-55(37-45)56-38-46(64(4,5)6)24-32-60(56)67(59)49-27-19-41(20-28-49)51-17-13-15-43-36-54-44(35-53(43)51)16-14-18-52(54)42-21-29-50(30-22-42)68-61-33-25-47(65(7,8)9)39-57(61)58-40-48(66(10,11)12)26-34-62(58)68/h13-40H,1-12H3. The number of aromatic nitrogens is 2. The summed E-state index contributed by atoms with van der Waals surface area (Å²) in [4.78, 5) is 0. The Labute approximate surface area is 402 Å². The van der Waals surface area contributed by atoms with Crippen LogP contribution in [0.4, 0.5) is 0 Å². The van der Waals surface area contributed by atoms with Crippen molar-refractivity contribution in [2.45, 2.75) is 105 Å². The average Bonchev–Trinajstić information content (AvgIpc) is 3.81. The monoisotopic (exact) mass is 885 g/mol. The van der Waals surface area contributed by atoms with Crippen LogP contribution in [0, 0.1) is 0 Å². The summed E-state index contributed by atoms with van der Waals surface area (Å²) in [6.07, 6.45) is 0. The summed E-state index contributed by atoms with van der Waals surface area (Å²) in [5.74, 6) is 0. The summed E-state index contributed by atoms with van der Waals surface area (Å²) < 4.78 is 4.90. The minimum atomic E-state index is 0.0624. The lowest BCUT2D eigenvalue weighted by atomic mass is 9.85. The molecule has 0 amide bonds. The van der Waals surface area contributed by atoms with Crippen molar-refractivity contribution in [1.82, 2.24) is 9.13 Å². The fourth-order valence-electron chi connectivity index (χ4n) is 10.6. The van der Waals surface area contributed by atoms with Gasteiger partial charge in [0.05, 0.1) is 22.1 Å². The Morgan fingerprint density at radius 3 is 0.809 bits per heavy atom. The Balaban J connectivity index is 0.965. The summed E-state index contributed by atoms with van der Waals surface area (Å²) in [5, 5.41) is 10.2. The predicted octanol–water partition coefficient (Wildman–Crippen LogP) is 18.7. The highest BCUT2D eigenvalue weighted by Crippen LogP contribution is 2.42. The zero-order valence-electron chi connectivity index (χ0n) is 42.1. The first kappa shape index (κ1) is 43.7. The highest BCUT2D eigenvalue weighted by atomic mass is 15.0. The van der Waals surface area contributed by atoms with Crippen LogP contribution in [0.1, 0.15) is 105 Å². The minimum Gasteiger partial charge on any atom is -0.309 e. The van der Waals surface area contributed by atoms with E-state index in [-0.39, 0.29) is 21.7 Å². The van der Waals surface area contributed by atoms with E-state index in [1.807, 2.05) is 0 Å². The molecule has 0 fully saturated rings. The van der Waals surface area contributed by atoms with Gasteiger partial charge in [0, 0.05) is 32.9 Å². The molecule has 0 aliphatic heterocycles. The second kappa shape index (κ2) is 15.3. The van der Waals surface area contributed by atoms with Crippen LogP contribution in [-0.2, 0) is 21.7 Å². The minimum absolute atomic E-state index is 0.0624. The van der Waals surface area contributed by atoms with Gasteiger partial charge < -0.3 is 9.13 Å². The van der Waals surface area contributed by atoms with Crippen molar-refractivity contribution in [2.24, 2.45) is 0 Å². The van der Waals surface area contributed by atoms with Crippen molar-refractivity contribution in [3.63, 3.8) is 0 Å². The Morgan fingerprint density at radius 1 is 0.265 bits per heavy atom. The Bertz CT molecular complexity index is 3390. The largest absolute Gasteiger partial charge is 0.309 e. The van der Waals surface area contributed by atoms with Gasteiger partial charge in [0.2, 0.25) is 0 Å². The predicted molar refractivity (Wildman–Crippen MR) is 296 cm³/mol. The van der Waals surface area contributed by atoms with Crippen LogP contribution < -0.4 is 0 Å². The third-order valence-electron chi connectivity index (χ3n) is 14.7. The molecule has 0 bridgehead atoms. The lowest BCUT2D eigenvalue weighted by Crippen LogP contribution is -2.10. The molecule has 0 N–H and O–H groups in total. The van der Waals surface area contributed by atoms with Crippen LogP contribution in [-0.4, -0.2) is 9.13 Å². The van der Waals surface area contributed by atoms with Crippen LogP contribution in [0.15, 0.2) is 170 Å². The molecule has 0 saturated heterocycles. The fraction of sp³-hybridized carbons (Fsp3) is 0.242. The van der Waals surface area contributed by atoms with E-state index in [1.165, 1.54) is 121 Å². The topological polar surface area (TPSA) is 9.86 Å². The lowest BCUT2D eigenvalue weighted by Gasteiger charge is -2.19. The molecule has 0 aliphatic rings. The molecule has 0 spiro atoms. The lowest BCUT2D eigenvalue weighted by molar-refractivity contribution is 0.590. The van der Waals surface area contributed by atoms with E-state index < -0.39 is 0 Å². The zero-order valence-corrected chi connectivity index (χ0v) is 42.1. The van der Waals surface area contributed by atoms with Crippen LogP contribution in [0.5, 0.6) is 0 Å². The van der Waals surface area contributed by atoms with Crippen molar-refractivity contribution < 1.29 is 0 Å². The van der Waals surface area contributed by atoms with E-state index in [2.05, 4.69) is 262 Å². The molecular weight excluding hydrogens is 821 g/mol. The van der Waals surface area contributed by atoms with Gasteiger partial charge in [-0.1, -0.05) is 168 Å². The maximum Gasteiger partial charge on any atom is 0.0541 e. The number of hydrogen-bond donors (Lipinski definition) is 0. The van der Waals surface area contributed by atoms with Crippen molar-refractivity contribution in [3.8, 4) is 33.6 Å². The SMILES string of the molecule is CC(C)(C)c1ccc2c(c1)c1cc(C(C)(C)C)ccc1n2-c1ccc(-c2cccc3cc4c(-c5ccc(-n6c7ccc(C(C)(C)C)cc7c7cc(C(C)(C)C)ccc76)cc5)cccc4cc23)cc1. The van der Waals surface area contributed by atoms with Gasteiger partial charge >= 0.3 is 0 Å². The summed E-state index contributed by atoms with van der Waals surface area (Å²) in [5.41, 5.74) is 17.9. The van der Waals surface area contributed by atoms with Gasteiger partial charge in [0.15, 0.2) is 0 Å². The van der Waals surface area contributed by atoms with Gasteiger partial charge in [-0.2, -0.15) is 0 Å². The molecule has 9 aromatic carbocycles. The molecule has 0 aliphatic carbocycles. The van der Waals surface area contributed by atoms with Crippen molar-refractivity contribution >= 4 is 65.2 Å². The smallest absolute Gasteiger partial charge is 0.0541 e. The van der Waals surface area contributed by atoms with Crippen LogP contribution in [0.25, 0.3) is 98.8 Å². The quantitative estimate of drug-likeness (QED) is 0.156. The van der Waals surface area contributed by atoms with E-state index in [0.29, 0.717) is 0 Å². The highest BCUT2D eigenvalue weighted by molar-refractivity contribution is 6.12. The van der Waals surface area contributed by atoms with Crippen LogP contribution >= 0.6 is 0 Å². The molecule has 0 saturated carbocycles. The Hall–Kier alpha value is -6.90. The Kier molecular flexibility index (Phi) is 9.83. The van der Waals surface area contributed by atoms with Gasteiger partial charge in [-0.05, 0) is 173 Å². The molecular formula is C66H64N2. The van der Waals surface area contributed by atoms with Gasteiger partial charge in [-0.15, -0.1) is 0 Å². The molecule has 11 aromatic rings. The maximum absolute atomic E-state index is 2.45. The van der Waals surface area contributed by atoms with E-state index in [0.717, 1.165) is 0 Å². The summed E-state index contributed by atoms with van der Waals surface area (Å²) in [6, 6.07) is 65.0. The summed E-state index contributed by atoms with van der Waals surface area (Å²) >= 11 is 0. The second-order valence-electron chi connectivity index (χ2n) is 23.6. The van der Waals surface area contributed by atoms with Crippen molar-refractivity contribution in [2.75, 3.05) is 0 Å². The molecule has 0 atom stereocenters. The molecule has 11 rings (SSSR count). The molecule has 2 aromatic heterocycles. The summed E-state index contributed by atoms with van der Waals surface area (Å²) in [6.45, 7) is 27.6. The number of nitrogens with zero attached hydrogens (tertiary/aromatic N) is 2. The first-order valence-electron chi connectivity index (χ1n) is 24.6. The number of benzene rings is 9. The molecule has 2 nitrogen and oxygen atoms in total. The van der Waals surface area contributed by atoms with Crippen LogP contribution in [0.3, 0.4) is 0 Å². The third kappa shape index (κ3) is 7.32. The van der Waals surface area contributed by atoms with Gasteiger partial charge in [0.25, 0.3) is 0 Å². The molecule has 338 valence electrons. The highest BCUT2D eigenvalue weighted by Gasteiger charge is 2.23. The molecule has 2 heteroatoms. The van der Waals surface area contributed by atoms with Crippen molar-refractivity contribution in [1.29, 1.82) is 0 Å². The third-order valence-corrected chi connectivity index (χ3v) is 14.7. The van der Waals surface area contributed by atoms with Gasteiger partial charge in [0.1, 0.15) is 0 Å². The first-order valence-corrected chi connectivity index (χ1v) is 24.6. The molecule has 0 radical (unpaired) electrons. The van der Waals surface area contributed by atoms with E-state index in [9.17, 15) is 0 Å². The molecule has 68 heavy (non-hydrogen) atoms. The first-order chi connectivity index (χ1) is 32.2. The normalized spacial score (nSPS) is 13.0. The summed E-state index contributed by atoms with van der Waals surface area (Å²) in [7, 11) is 0. The van der Waals surface area contributed by atoms with E-state index in [4.69, 9.17) is 0 Å². The zero-order chi connectivity index (χ0) is 47.7.